The molecule has 6 nitrogen and oxygen atoms in total. The second kappa shape index (κ2) is 10.9. The van der Waals surface area contributed by atoms with Gasteiger partial charge in [-0.2, -0.15) is 13.2 Å². The number of rotatable bonds is 7. The van der Waals surface area contributed by atoms with E-state index in [0.29, 0.717) is 17.1 Å². The second-order valence-corrected chi connectivity index (χ2v) is 8.48. The van der Waals surface area contributed by atoms with Crippen molar-refractivity contribution in [2.24, 2.45) is 0 Å². The van der Waals surface area contributed by atoms with Crippen LogP contribution in [0.25, 0.3) is 11.3 Å². The maximum atomic E-state index is 13.5. The van der Waals surface area contributed by atoms with Crippen LogP contribution in [0.2, 0.25) is 0 Å². The quantitative estimate of drug-likeness (QED) is 0.345. The van der Waals surface area contributed by atoms with Crippen LogP contribution in [-0.2, 0) is 11.0 Å². The molecule has 0 aliphatic heterocycles. The first-order valence-electron chi connectivity index (χ1n) is 10.4. The van der Waals surface area contributed by atoms with Gasteiger partial charge in [0.25, 0.3) is 0 Å². The third-order valence-electron chi connectivity index (χ3n) is 5.23. The van der Waals surface area contributed by atoms with Crippen LogP contribution in [0.3, 0.4) is 0 Å². The number of hydrogen-bond donors (Lipinski definition) is 1. The number of carbonyl (C=O) groups excluding carboxylic acids is 1. The summed E-state index contributed by atoms with van der Waals surface area (Å²) in [4.78, 5) is 20.2. The number of nitrogens with zero attached hydrogens (tertiary/aromatic N) is 2. The van der Waals surface area contributed by atoms with E-state index >= 15 is 0 Å². The van der Waals surface area contributed by atoms with E-state index in [2.05, 4.69) is 15.3 Å². The molecular weight excluding hydrogens is 443 g/mol. The number of halogens is 3. The zero-order valence-corrected chi connectivity index (χ0v) is 18.8. The SMILES string of the molecule is COc1ccc(-c2cc(C(F)(F)F)nc(SCC(=O)NC3CCCCCC3)n2)cc1OC. The molecule has 0 radical (unpaired) electrons. The first kappa shape index (κ1) is 24.2. The molecule has 2 aromatic rings. The van der Waals surface area contributed by atoms with Crippen LogP contribution in [-0.4, -0.2) is 41.9 Å². The largest absolute Gasteiger partial charge is 0.493 e. The lowest BCUT2D eigenvalue weighted by Crippen LogP contribution is -2.35. The Hall–Kier alpha value is -2.49. The Labute approximate surface area is 189 Å². The van der Waals surface area contributed by atoms with E-state index in [-0.39, 0.29) is 28.6 Å². The number of methoxy groups -OCH3 is 2. The Balaban J connectivity index is 1.79. The lowest BCUT2D eigenvalue weighted by Gasteiger charge is -2.16. The van der Waals surface area contributed by atoms with Crippen LogP contribution in [0.15, 0.2) is 29.4 Å². The van der Waals surface area contributed by atoms with E-state index in [1.54, 1.807) is 18.2 Å². The summed E-state index contributed by atoms with van der Waals surface area (Å²) < 4.78 is 50.8. The molecule has 0 bridgehead atoms. The normalized spacial score (nSPS) is 15.2. The number of aromatic nitrogens is 2. The summed E-state index contributed by atoms with van der Waals surface area (Å²) in [5, 5.41) is 2.87. The number of amides is 1. The standard InChI is InChI=1S/C22H26F3N3O3S/c1-30-17-10-9-14(11-18(17)31-2)16-12-19(22(23,24)25)28-21(27-16)32-13-20(29)26-15-7-5-3-4-6-8-15/h9-12,15H,3-8,13H2,1-2H3,(H,26,29). The highest BCUT2D eigenvalue weighted by atomic mass is 32.2. The van der Waals surface area contributed by atoms with Crippen LogP contribution in [0.4, 0.5) is 13.2 Å². The minimum Gasteiger partial charge on any atom is -0.493 e. The van der Waals surface area contributed by atoms with E-state index < -0.39 is 11.9 Å². The molecule has 1 N–H and O–H groups in total. The average molecular weight is 470 g/mol. The van der Waals surface area contributed by atoms with Gasteiger partial charge < -0.3 is 14.8 Å². The third-order valence-corrected chi connectivity index (χ3v) is 6.08. The highest BCUT2D eigenvalue weighted by molar-refractivity contribution is 7.99. The number of alkyl halides is 3. The molecule has 1 heterocycles. The molecule has 0 saturated heterocycles. The van der Waals surface area contributed by atoms with Gasteiger partial charge in [0.1, 0.15) is 5.69 Å². The van der Waals surface area contributed by atoms with Crippen LogP contribution < -0.4 is 14.8 Å². The summed E-state index contributed by atoms with van der Waals surface area (Å²) in [6.07, 6.45) is 1.69. The lowest BCUT2D eigenvalue weighted by atomic mass is 10.1. The molecular formula is C22H26F3N3O3S. The molecule has 1 fully saturated rings. The minimum atomic E-state index is -4.65. The smallest absolute Gasteiger partial charge is 0.433 e. The maximum Gasteiger partial charge on any atom is 0.433 e. The van der Waals surface area contributed by atoms with Crippen molar-refractivity contribution in [3.63, 3.8) is 0 Å². The number of hydrogen-bond acceptors (Lipinski definition) is 6. The average Bonchev–Trinajstić information content (AvgIpc) is 3.05. The van der Waals surface area contributed by atoms with Gasteiger partial charge in [0, 0.05) is 11.6 Å². The van der Waals surface area contributed by atoms with Gasteiger partial charge in [0.15, 0.2) is 16.7 Å². The topological polar surface area (TPSA) is 73.3 Å². The third kappa shape index (κ3) is 6.51. The van der Waals surface area contributed by atoms with E-state index in [1.807, 2.05) is 0 Å². The predicted molar refractivity (Wildman–Crippen MR) is 116 cm³/mol. The number of ether oxygens (including phenoxy) is 2. The zero-order valence-electron chi connectivity index (χ0n) is 18.0. The summed E-state index contributed by atoms with van der Waals surface area (Å²) in [5.74, 6) is 0.541. The Kier molecular flexibility index (Phi) is 8.22. The number of nitrogens with one attached hydrogen (secondary N) is 1. The van der Waals surface area contributed by atoms with Crippen LogP contribution >= 0.6 is 11.8 Å². The number of thioether (sulfide) groups is 1. The predicted octanol–water partition coefficient (Wildman–Crippen LogP) is 5.11. The molecule has 10 heteroatoms. The fraction of sp³-hybridized carbons (Fsp3) is 0.500. The van der Waals surface area contributed by atoms with Gasteiger partial charge in [-0.25, -0.2) is 9.97 Å². The van der Waals surface area contributed by atoms with Crippen molar-refractivity contribution in [3.05, 3.63) is 30.0 Å². The van der Waals surface area contributed by atoms with Gasteiger partial charge in [0.05, 0.1) is 25.7 Å². The van der Waals surface area contributed by atoms with Crippen molar-refractivity contribution >= 4 is 17.7 Å². The zero-order chi connectivity index (χ0) is 23.1. The maximum absolute atomic E-state index is 13.5. The minimum absolute atomic E-state index is 0.0524. The number of benzene rings is 1. The van der Waals surface area contributed by atoms with E-state index in [0.717, 1.165) is 56.4 Å². The molecule has 1 amide bonds. The van der Waals surface area contributed by atoms with Crippen LogP contribution in [0.5, 0.6) is 11.5 Å². The van der Waals surface area contributed by atoms with Gasteiger partial charge in [-0.05, 0) is 37.1 Å². The molecule has 0 unspecified atom stereocenters. The Bertz CT molecular complexity index is 932. The lowest BCUT2D eigenvalue weighted by molar-refractivity contribution is -0.141. The van der Waals surface area contributed by atoms with Crippen molar-refractivity contribution < 1.29 is 27.4 Å². The summed E-state index contributed by atoms with van der Waals surface area (Å²) in [6.45, 7) is 0. The Morgan fingerprint density at radius 3 is 2.38 bits per heavy atom. The van der Waals surface area contributed by atoms with Crippen molar-refractivity contribution in [2.45, 2.75) is 55.9 Å². The van der Waals surface area contributed by atoms with Crippen LogP contribution in [0.1, 0.15) is 44.2 Å². The molecule has 174 valence electrons. The monoisotopic (exact) mass is 469 g/mol. The number of carbonyl (C=O) groups is 1. The molecule has 1 aliphatic carbocycles. The van der Waals surface area contributed by atoms with E-state index in [4.69, 9.17) is 9.47 Å². The summed E-state index contributed by atoms with van der Waals surface area (Å²) in [6, 6.07) is 5.74. The van der Waals surface area contributed by atoms with Crippen LogP contribution in [0, 0.1) is 0 Å². The molecule has 3 rings (SSSR count). The molecule has 32 heavy (non-hydrogen) atoms. The Morgan fingerprint density at radius 2 is 1.75 bits per heavy atom. The fourth-order valence-corrected chi connectivity index (χ4v) is 4.27. The molecule has 1 aromatic heterocycles. The molecule has 1 aliphatic rings. The van der Waals surface area contributed by atoms with Gasteiger partial charge in [-0.1, -0.05) is 37.4 Å². The highest BCUT2D eigenvalue weighted by Gasteiger charge is 2.34. The molecule has 0 spiro atoms. The highest BCUT2D eigenvalue weighted by Crippen LogP contribution is 2.35. The van der Waals surface area contributed by atoms with Crippen molar-refractivity contribution in [2.75, 3.05) is 20.0 Å². The van der Waals surface area contributed by atoms with E-state index in [1.165, 1.54) is 14.2 Å². The summed E-state index contributed by atoms with van der Waals surface area (Å²) in [7, 11) is 2.91. The molecule has 1 saturated carbocycles. The van der Waals surface area contributed by atoms with Gasteiger partial charge >= 0.3 is 6.18 Å². The molecule has 0 atom stereocenters. The first-order valence-corrected chi connectivity index (χ1v) is 11.4. The van der Waals surface area contributed by atoms with Gasteiger partial charge in [-0.3, -0.25) is 4.79 Å². The summed E-state index contributed by atoms with van der Waals surface area (Å²) >= 11 is 0.889. The fourth-order valence-electron chi connectivity index (χ4n) is 3.60. The Morgan fingerprint density at radius 1 is 1.06 bits per heavy atom. The van der Waals surface area contributed by atoms with E-state index in [9.17, 15) is 18.0 Å². The molecule has 1 aromatic carbocycles. The van der Waals surface area contributed by atoms with Gasteiger partial charge in [-0.15, -0.1) is 0 Å². The first-order chi connectivity index (χ1) is 15.3. The second-order valence-electron chi connectivity index (χ2n) is 7.53. The van der Waals surface area contributed by atoms with Gasteiger partial charge in [0.2, 0.25) is 5.91 Å². The van der Waals surface area contributed by atoms with Crippen molar-refractivity contribution in [1.29, 1.82) is 0 Å². The summed E-state index contributed by atoms with van der Waals surface area (Å²) in [5.41, 5.74) is -0.566. The van der Waals surface area contributed by atoms with Crippen molar-refractivity contribution in [1.82, 2.24) is 15.3 Å². The van der Waals surface area contributed by atoms with Crippen molar-refractivity contribution in [3.8, 4) is 22.8 Å².